The molecule has 0 aliphatic heterocycles. The molecular formula is C24H36N2O8. The van der Waals surface area contributed by atoms with Gasteiger partial charge in [0.1, 0.15) is 18.0 Å². The number of benzene rings is 1. The smallest absolute Gasteiger partial charge is 0.270 e. The third-order valence-corrected chi connectivity index (χ3v) is 5.84. The number of para-hydroxylation sites is 1. The lowest BCUT2D eigenvalue weighted by Crippen LogP contribution is -2.58. The van der Waals surface area contributed by atoms with Crippen molar-refractivity contribution >= 4 is 23.6 Å². The first-order valence-corrected chi connectivity index (χ1v) is 11.2. The maximum atomic E-state index is 12.8. The number of rotatable bonds is 11. The second kappa shape index (κ2) is 13.2. The van der Waals surface area contributed by atoms with E-state index >= 15 is 0 Å². The number of amides is 4. The van der Waals surface area contributed by atoms with Gasteiger partial charge in [-0.25, -0.2) is 0 Å². The van der Waals surface area contributed by atoms with E-state index in [2.05, 4.69) is 5.32 Å². The van der Waals surface area contributed by atoms with Gasteiger partial charge in [0.2, 0.25) is 17.9 Å². The van der Waals surface area contributed by atoms with Crippen molar-refractivity contribution in [1.29, 1.82) is 0 Å². The standard InChI is InChI=1S/C24H36N2O8/c1-12(2)14(5)21(30)25-23(32)19(29)17(27)18(28)20(34-16-10-8-7-9-11-16)24(33)26-22(31)15(6)13(3)4/h7-15,17-20,27-29H,1-6H3,(H,25,30,32)(H,26,31,33)/t14-,15-,17-,18-,19+,20+/m0/s1. The fraction of sp³-hybridized carbons (Fsp3) is 0.583. The third kappa shape index (κ3) is 8.19. The molecule has 0 unspecified atom stereocenters. The summed E-state index contributed by atoms with van der Waals surface area (Å²) in [5.41, 5.74) is 0. The summed E-state index contributed by atoms with van der Waals surface area (Å²) in [5, 5.41) is 35.4. The van der Waals surface area contributed by atoms with Gasteiger partial charge in [-0.1, -0.05) is 59.7 Å². The second-order valence-corrected chi connectivity index (χ2v) is 9.05. The van der Waals surface area contributed by atoms with Gasteiger partial charge in [-0.3, -0.25) is 29.8 Å². The van der Waals surface area contributed by atoms with E-state index in [0.29, 0.717) is 0 Å². The van der Waals surface area contributed by atoms with Gasteiger partial charge < -0.3 is 20.1 Å². The van der Waals surface area contributed by atoms with Gasteiger partial charge in [-0.05, 0) is 24.0 Å². The van der Waals surface area contributed by atoms with Gasteiger partial charge in [0.05, 0.1) is 0 Å². The number of aliphatic hydroxyl groups excluding tert-OH is 3. The summed E-state index contributed by atoms with van der Waals surface area (Å²) < 4.78 is 5.50. The summed E-state index contributed by atoms with van der Waals surface area (Å²) in [4.78, 5) is 49.5. The monoisotopic (exact) mass is 480 g/mol. The maximum Gasteiger partial charge on any atom is 0.270 e. The molecule has 0 spiro atoms. The van der Waals surface area contributed by atoms with E-state index in [-0.39, 0.29) is 17.6 Å². The molecule has 34 heavy (non-hydrogen) atoms. The molecular weight excluding hydrogens is 444 g/mol. The van der Waals surface area contributed by atoms with Crippen molar-refractivity contribution in [1.82, 2.24) is 10.6 Å². The average molecular weight is 481 g/mol. The molecule has 0 radical (unpaired) electrons. The van der Waals surface area contributed by atoms with Crippen LogP contribution < -0.4 is 15.4 Å². The van der Waals surface area contributed by atoms with Crippen LogP contribution in [0.2, 0.25) is 0 Å². The van der Waals surface area contributed by atoms with Crippen LogP contribution >= 0.6 is 0 Å². The first-order chi connectivity index (χ1) is 15.8. The van der Waals surface area contributed by atoms with Crippen molar-refractivity contribution in [3.05, 3.63) is 30.3 Å². The van der Waals surface area contributed by atoms with Crippen LogP contribution in [0.25, 0.3) is 0 Å². The van der Waals surface area contributed by atoms with Gasteiger partial charge in [0.25, 0.3) is 11.8 Å². The lowest BCUT2D eigenvalue weighted by atomic mass is 9.96. The highest BCUT2D eigenvalue weighted by Gasteiger charge is 2.41. The minimum Gasteiger partial charge on any atom is -0.478 e. The van der Waals surface area contributed by atoms with Crippen LogP contribution in [-0.4, -0.2) is 63.4 Å². The zero-order valence-electron chi connectivity index (χ0n) is 20.4. The summed E-state index contributed by atoms with van der Waals surface area (Å²) in [6.07, 6.45) is -8.44. The van der Waals surface area contributed by atoms with E-state index in [0.717, 1.165) is 0 Å². The Morgan fingerprint density at radius 3 is 1.56 bits per heavy atom. The topological polar surface area (TPSA) is 162 Å². The van der Waals surface area contributed by atoms with Crippen molar-refractivity contribution in [2.75, 3.05) is 0 Å². The molecule has 5 N–H and O–H groups in total. The summed E-state index contributed by atoms with van der Waals surface area (Å²) in [6, 6.07) is 7.84. The molecule has 1 aromatic rings. The highest BCUT2D eigenvalue weighted by atomic mass is 16.5. The Labute approximate surface area is 199 Å². The van der Waals surface area contributed by atoms with Crippen molar-refractivity contribution in [3.8, 4) is 5.75 Å². The van der Waals surface area contributed by atoms with Crippen LogP contribution in [0.1, 0.15) is 41.5 Å². The van der Waals surface area contributed by atoms with E-state index in [9.17, 15) is 34.5 Å². The zero-order valence-corrected chi connectivity index (χ0v) is 20.4. The van der Waals surface area contributed by atoms with Crippen molar-refractivity contribution in [3.63, 3.8) is 0 Å². The minimum absolute atomic E-state index is 0.0758. The van der Waals surface area contributed by atoms with Crippen LogP contribution in [-0.2, 0) is 19.2 Å². The maximum absolute atomic E-state index is 12.8. The number of hydrogen-bond donors (Lipinski definition) is 5. The van der Waals surface area contributed by atoms with E-state index in [1.54, 1.807) is 59.7 Å². The third-order valence-electron chi connectivity index (χ3n) is 5.84. The first-order valence-electron chi connectivity index (χ1n) is 11.2. The number of carbonyl (C=O) groups is 4. The van der Waals surface area contributed by atoms with E-state index in [4.69, 9.17) is 4.74 Å². The Bertz CT molecular complexity index is 843. The molecule has 0 aliphatic rings. The molecule has 1 aromatic carbocycles. The lowest BCUT2D eigenvalue weighted by molar-refractivity contribution is -0.156. The second-order valence-electron chi connectivity index (χ2n) is 9.05. The van der Waals surface area contributed by atoms with Gasteiger partial charge in [-0.2, -0.15) is 0 Å². The quantitative estimate of drug-likeness (QED) is 0.304. The lowest BCUT2D eigenvalue weighted by Gasteiger charge is -2.29. The molecule has 1 rings (SSSR count). The highest BCUT2D eigenvalue weighted by Crippen LogP contribution is 2.17. The molecule has 4 amide bonds. The van der Waals surface area contributed by atoms with Gasteiger partial charge in [0, 0.05) is 11.8 Å². The van der Waals surface area contributed by atoms with E-state index in [1.807, 2.05) is 5.32 Å². The Balaban J connectivity index is 3.05. The Morgan fingerprint density at radius 1 is 0.676 bits per heavy atom. The largest absolute Gasteiger partial charge is 0.478 e. The van der Waals surface area contributed by atoms with Gasteiger partial charge >= 0.3 is 0 Å². The predicted octanol–water partition coefficient (Wildman–Crippen LogP) is 0.387. The highest BCUT2D eigenvalue weighted by molar-refractivity contribution is 5.99. The number of carbonyl (C=O) groups excluding carboxylic acids is 4. The molecule has 10 heteroatoms. The SMILES string of the molecule is CC(C)[C@H](C)C(=O)NC(=O)[C@H](O)[C@@H](O)[C@H](O)[C@@H](Oc1ccccc1)C(=O)NC(=O)[C@@H](C)C(C)C. The average Bonchev–Trinajstić information content (AvgIpc) is 2.80. The Kier molecular flexibility index (Phi) is 11.3. The molecule has 6 atom stereocenters. The molecule has 0 heterocycles. The fourth-order valence-corrected chi connectivity index (χ4v) is 2.67. The normalized spacial score (nSPS) is 16.7. The Hall–Kier alpha value is -2.82. The number of hydrogen-bond acceptors (Lipinski definition) is 8. The predicted molar refractivity (Wildman–Crippen MR) is 123 cm³/mol. The number of nitrogens with one attached hydrogen (secondary N) is 2. The molecule has 0 bridgehead atoms. The van der Waals surface area contributed by atoms with Crippen LogP contribution in [0.4, 0.5) is 0 Å². The van der Waals surface area contributed by atoms with Gasteiger partial charge in [-0.15, -0.1) is 0 Å². The number of ether oxygens (including phenoxy) is 1. The first kappa shape index (κ1) is 29.2. The van der Waals surface area contributed by atoms with Crippen LogP contribution in [0.5, 0.6) is 5.75 Å². The number of imide groups is 2. The van der Waals surface area contributed by atoms with Crippen LogP contribution in [0.15, 0.2) is 30.3 Å². The Morgan fingerprint density at radius 2 is 1.12 bits per heavy atom. The molecule has 190 valence electrons. The molecule has 0 aromatic heterocycles. The van der Waals surface area contributed by atoms with Crippen molar-refractivity contribution < 1.29 is 39.2 Å². The summed E-state index contributed by atoms with van der Waals surface area (Å²) >= 11 is 0. The van der Waals surface area contributed by atoms with Crippen molar-refractivity contribution in [2.45, 2.75) is 66.0 Å². The van der Waals surface area contributed by atoms with E-state index in [1.165, 1.54) is 12.1 Å². The fourth-order valence-electron chi connectivity index (χ4n) is 2.67. The molecule has 0 saturated carbocycles. The summed E-state index contributed by atoms with van der Waals surface area (Å²) in [7, 11) is 0. The summed E-state index contributed by atoms with van der Waals surface area (Å²) in [6.45, 7) is 10.3. The zero-order chi connectivity index (χ0) is 26.2. The van der Waals surface area contributed by atoms with Crippen molar-refractivity contribution in [2.24, 2.45) is 23.7 Å². The molecule has 0 aliphatic carbocycles. The minimum atomic E-state index is -2.25. The van der Waals surface area contributed by atoms with E-state index < -0.39 is 59.9 Å². The number of aliphatic hydroxyl groups is 3. The van der Waals surface area contributed by atoms with Crippen LogP contribution in [0.3, 0.4) is 0 Å². The summed E-state index contributed by atoms with van der Waals surface area (Å²) in [5.74, 6) is -4.69. The molecule has 0 fully saturated rings. The van der Waals surface area contributed by atoms with Gasteiger partial charge in [0.15, 0.2) is 6.10 Å². The molecule has 0 saturated heterocycles. The molecule has 10 nitrogen and oxygen atoms in total. The van der Waals surface area contributed by atoms with Crippen LogP contribution in [0, 0.1) is 23.7 Å².